The highest BCUT2D eigenvalue weighted by atomic mass is 16.5. The maximum atomic E-state index is 11.3. The lowest BCUT2D eigenvalue weighted by atomic mass is 9.46. The van der Waals surface area contributed by atoms with Crippen LogP contribution in [0.2, 0.25) is 0 Å². The molecule has 0 aliphatic heterocycles. The van der Waals surface area contributed by atoms with Gasteiger partial charge in [-0.25, -0.2) is 0 Å². The van der Waals surface area contributed by atoms with Gasteiger partial charge >= 0.3 is 11.9 Å². The lowest BCUT2D eigenvalue weighted by Crippen LogP contribution is -2.55. The molecule has 0 aromatic heterocycles. The highest BCUT2D eigenvalue weighted by Crippen LogP contribution is 2.62. The Labute approximate surface area is 181 Å². The quantitative estimate of drug-likeness (QED) is 0.434. The van der Waals surface area contributed by atoms with E-state index < -0.39 is 6.10 Å². The molecule has 6 heteroatoms. The van der Waals surface area contributed by atoms with Crippen LogP contribution in [-0.4, -0.2) is 48.1 Å². The molecule has 0 spiro atoms. The topological polar surface area (TPSA) is 93.1 Å². The molecule has 0 radical (unpaired) electrons. The minimum atomic E-state index is -0.419. The highest BCUT2D eigenvalue weighted by molar-refractivity contribution is 5.66. The van der Waals surface area contributed by atoms with Gasteiger partial charge in [-0.3, -0.25) is 9.59 Å². The van der Waals surface area contributed by atoms with E-state index >= 15 is 0 Å². The number of hydrogen-bond acceptors (Lipinski definition) is 6. The number of esters is 2. The molecule has 0 aromatic carbocycles. The average molecular weight is 425 g/mol. The zero-order chi connectivity index (χ0) is 22.5. The summed E-state index contributed by atoms with van der Waals surface area (Å²) in [6.45, 7) is 10.1. The number of carbonyl (C=O) groups is 2. The van der Waals surface area contributed by atoms with Gasteiger partial charge in [0.15, 0.2) is 0 Å². The average Bonchev–Trinajstić information content (AvgIpc) is 2.67. The molecule has 172 valence electrons. The van der Waals surface area contributed by atoms with Gasteiger partial charge in [0, 0.05) is 13.8 Å². The van der Waals surface area contributed by atoms with Crippen molar-refractivity contribution in [3.63, 3.8) is 0 Å². The number of allylic oxidation sites excluding steroid dienone is 1. The molecule has 6 atom stereocenters. The Bertz CT molecular complexity index is 644. The van der Waals surface area contributed by atoms with Crippen molar-refractivity contribution in [3.8, 4) is 0 Å². The van der Waals surface area contributed by atoms with E-state index in [1.54, 1.807) is 0 Å². The Morgan fingerprint density at radius 2 is 1.87 bits per heavy atom. The van der Waals surface area contributed by atoms with Crippen molar-refractivity contribution in [2.24, 2.45) is 28.6 Å². The molecule has 1 fully saturated rings. The maximum absolute atomic E-state index is 11.3. The highest BCUT2D eigenvalue weighted by Gasteiger charge is 2.56. The summed E-state index contributed by atoms with van der Waals surface area (Å²) in [5.74, 6) is -0.00912. The van der Waals surface area contributed by atoms with Crippen LogP contribution in [0.15, 0.2) is 11.6 Å². The lowest BCUT2D eigenvalue weighted by Gasteiger charge is -2.60. The molecular formula is C24H40O6. The smallest absolute Gasteiger partial charge is 0.302 e. The summed E-state index contributed by atoms with van der Waals surface area (Å²) in [6.07, 6.45) is 6.78. The first-order valence-electron chi connectivity index (χ1n) is 11.3. The van der Waals surface area contributed by atoms with Gasteiger partial charge in [0.1, 0.15) is 0 Å². The fraction of sp³-hybridized carbons (Fsp3) is 0.833. The Balaban J connectivity index is 2.17. The monoisotopic (exact) mass is 424 g/mol. The van der Waals surface area contributed by atoms with Crippen LogP contribution in [0, 0.1) is 28.6 Å². The summed E-state index contributed by atoms with van der Waals surface area (Å²) in [5.41, 5.74) is 0.760. The molecular weight excluding hydrogens is 384 g/mol. The number of aliphatic hydroxyl groups is 2. The molecule has 6 nitrogen and oxygen atoms in total. The molecule has 0 aromatic rings. The number of ether oxygens (including phenoxy) is 2. The van der Waals surface area contributed by atoms with Gasteiger partial charge in [0.25, 0.3) is 0 Å². The van der Waals surface area contributed by atoms with Gasteiger partial charge in [-0.15, -0.1) is 0 Å². The summed E-state index contributed by atoms with van der Waals surface area (Å²) in [4.78, 5) is 22.4. The van der Waals surface area contributed by atoms with Crippen LogP contribution in [0.25, 0.3) is 0 Å². The van der Waals surface area contributed by atoms with Crippen LogP contribution in [-0.2, 0) is 19.1 Å². The van der Waals surface area contributed by atoms with E-state index in [0.29, 0.717) is 32.0 Å². The van der Waals surface area contributed by atoms with E-state index in [2.05, 4.69) is 26.8 Å². The molecule has 0 saturated heterocycles. The van der Waals surface area contributed by atoms with E-state index in [1.165, 1.54) is 13.8 Å². The van der Waals surface area contributed by atoms with Crippen molar-refractivity contribution in [1.82, 2.24) is 0 Å². The van der Waals surface area contributed by atoms with Crippen molar-refractivity contribution in [3.05, 3.63) is 11.6 Å². The zero-order valence-corrected chi connectivity index (χ0v) is 19.3. The molecule has 0 heterocycles. The predicted molar refractivity (Wildman–Crippen MR) is 115 cm³/mol. The summed E-state index contributed by atoms with van der Waals surface area (Å²) in [7, 11) is 0. The molecule has 2 aliphatic carbocycles. The fourth-order valence-electron chi connectivity index (χ4n) is 5.98. The molecule has 2 aliphatic rings. The Morgan fingerprint density at radius 3 is 2.47 bits per heavy atom. The fourth-order valence-corrected chi connectivity index (χ4v) is 5.98. The number of rotatable bonds is 9. The van der Waals surface area contributed by atoms with Crippen LogP contribution < -0.4 is 0 Å². The van der Waals surface area contributed by atoms with Crippen LogP contribution in [0.1, 0.15) is 73.1 Å². The number of aliphatic hydroxyl groups excluding tert-OH is 2. The van der Waals surface area contributed by atoms with E-state index in [9.17, 15) is 19.8 Å². The standard InChI is InChI=1S/C24H40O6/c1-16-21(28)13-24(5)20(14-25)7-6-8-22(24)23(16,4)11-9-19(15-30-18(3)27)10-12-29-17(2)26/h7,16,19,21-22,25,28H,6,8-15H2,1-5H3. The minimum Gasteiger partial charge on any atom is -0.466 e. The zero-order valence-electron chi connectivity index (χ0n) is 19.3. The second-order valence-electron chi connectivity index (χ2n) is 9.84. The van der Waals surface area contributed by atoms with Crippen molar-refractivity contribution < 1.29 is 29.3 Å². The second kappa shape index (κ2) is 10.3. The lowest BCUT2D eigenvalue weighted by molar-refractivity contribution is -0.145. The van der Waals surface area contributed by atoms with Crippen LogP contribution in [0.4, 0.5) is 0 Å². The molecule has 2 rings (SSSR count). The van der Waals surface area contributed by atoms with Gasteiger partial charge in [-0.05, 0) is 72.7 Å². The summed E-state index contributed by atoms with van der Waals surface area (Å²) < 4.78 is 10.4. The third-order valence-electron chi connectivity index (χ3n) is 8.01. The van der Waals surface area contributed by atoms with Crippen LogP contribution in [0.3, 0.4) is 0 Å². The number of hydrogen-bond donors (Lipinski definition) is 2. The molecule has 0 bridgehead atoms. The maximum Gasteiger partial charge on any atom is 0.302 e. The Kier molecular flexibility index (Phi) is 8.51. The van der Waals surface area contributed by atoms with E-state index in [0.717, 1.165) is 31.3 Å². The largest absolute Gasteiger partial charge is 0.466 e. The molecule has 30 heavy (non-hydrogen) atoms. The van der Waals surface area contributed by atoms with Crippen LogP contribution >= 0.6 is 0 Å². The SMILES string of the molecule is CC(=O)OCCC(CCC1(C)C(C)C(O)CC2(C)C(CO)=CCCC21)COC(C)=O. The molecule has 6 unspecified atom stereocenters. The van der Waals surface area contributed by atoms with Crippen molar-refractivity contribution >= 4 is 11.9 Å². The molecule has 0 amide bonds. The summed E-state index contributed by atoms with van der Waals surface area (Å²) in [5, 5.41) is 20.9. The van der Waals surface area contributed by atoms with E-state index in [4.69, 9.17) is 9.47 Å². The predicted octanol–water partition coefficient (Wildman–Crippen LogP) is 3.64. The van der Waals surface area contributed by atoms with Crippen molar-refractivity contribution in [1.29, 1.82) is 0 Å². The number of carbonyl (C=O) groups excluding carboxylic acids is 2. The van der Waals surface area contributed by atoms with Gasteiger partial charge in [0.05, 0.1) is 25.9 Å². The summed E-state index contributed by atoms with van der Waals surface area (Å²) in [6, 6.07) is 0. The van der Waals surface area contributed by atoms with E-state index in [1.807, 2.05) is 0 Å². The third-order valence-corrected chi connectivity index (χ3v) is 8.01. The Morgan fingerprint density at radius 1 is 1.20 bits per heavy atom. The minimum absolute atomic E-state index is 0.0433. The second-order valence-corrected chi connectivity index (χ2v) is 9.84. The first-order valence-corrected chi connectivity index (χ1v) is 11.3. The molecule has 1 saturated carbocycles. The van der Waals surface area contributed by atoms with Crippen molar-refractivity contribution in [2.75, 3.05) is 19.8 Å². The van der Waals surface area contributed by atoms with Crippen molar-refractivity contribution in [2.45, 2.75) is 79.2 Å². The van der Waals surface area contributed by atoms with Crippen LogP contribution in [0.5, 0.6) is 0 Å². The number of fused-ring (bicyclic) bond motifs is 1. The van der Waals surface area contributed by atoms with Gasteiger partial charge in [0.2, 0.25) is 0 Å². The Hall–Kier alpha value is -1.40. The normalized spacial score (nSPS) is 34.5. The van der Waals surface area contributed by atoms with E-state index in [-0.39, 0.29) is 41.2 Å². The third kappa shape index (κ3) is 5.44. The summed E-state index contributed by atoms with van der Waals surface area (Å²) >= 11 is 0. The van der Waals surface area contributed by atoms with Gasteiger partial charge < -0.3 is 19.7 Å². The first kappa shape index (κ1) is 24.9. The van der Waals surface area contributed by atoms with Gasteiger partial charge in [-0.2, -0.15) is 0 Å². The van der Waals surface area contributed by atoms with Gasteiger partial charge in [-0.1, -0.05) is 26.8 Å². The molecule has 2 N–H and O–H groups in total. The first-order chi connectivity index (χ1) is 14.0.